The number of H-pyrrole nitrogens is 1. The Hall–Kier alpha value is -1.75. The molecule has 0 saturated carbocycles. The molecule has 1 aromatic heterocycles. The monoisotopic (exact) mass is 247 g/mol. The number of hydrogen-bond acceptors (Lipinski definition) is 4. The maximum Gasteiger partial charge on any atom is 0.252 e. The molecule has 1 heterocycles. The average Bonchev–Trinajstić information content (AvgIpc) is 2.27. The van der Waals surface area contributed by atoms with Crippen molar-refractivity contribution in [1.29, 1.82) is 0 Å². The van der Waals surface area contributed by atoms with Crippen molar-refractivity contribution in [2.45, 2.75) is 17.6 Å². The van der Waals surface area contributed by atoms with Gasteiger partial charge < -0.3 is 10.7 Å². The van der Waals surface area contributed by atoms with Crippen molar-refractivity contribution in [1.82, 2.24) is 9.97 Å². The summed E-state index contributed by atoms with van der Waals surface area (Å²) in [6, 6.07) is 9.37. The summed E-state index contributed by atoms with van der Waals surface area (Å²) in [6.45, 7) is 2.05. The molecule has 88 valence electrons. The lowest BCUT2D eigenvalue weighted by Gasteiger charge is -2.04. The third kappa shape index (κ3) is 3.10. The highest BCUT2D eigenvalue weighted by Gasteiger charge is 2.02. The molecule has 2 aromatic rings. The van der Waals surface area contributed by atoms with Crippen LogP contribution in [0.3, 0.4) is 0 Å². The summed E-state index contributed by atoms with van der Waals surface area (Å²) in [7, 11) is 0. The van der Waals surface area contributed by atoms with Crippen molar-refractivity contribution < 1.29 is 0 Å². The quantitative estimate of drug-likeness (QED) is 0.813. The van der Waals surface area contributed by atoms with Crippen LogP contribution in [0.25, 0.3) is 0 Å². The van der Waals surface area contributed by atoms with E-state index in [1.165, 1.54) is 16.5 Å². The molecule has 0 saturated heterocycles. The Morgan fingerprint density at radius 1 is 1.41 bits per heavy atom. The van der Waals surface area contributed by atoms with E-state index in [1.807, 2.05) is 18.2 Å². The second kappa shape index (κ2) is 5.05. The molecule has 4 nitrogen and oxygen atoms in total. The Morgan fingerprint density at radius 3 is 2.88 bits per heavy atom. The number of nitrogens with one attached hydrogen (secondary N) is 1. The first-order valence-corrected chi connectivity index (χ1v) is 6.18. The second-order valence-corrected chi connectivity index (χ2v) is 4.69. The molecule has 0 amide bonds. The van der Waals surface area contributed by atoms with Crippen molar-refractivity contribution in [3.63, 3.8) is 0 Å². The Balaban J connectivity index is 2.13. The Labute approximate surface area is 103 Å². The van der Waals surface area contributed by atoms with Crippen LogP contribution in [0.2, 0.25) is 0 Å². The third-order valence-corrected chi connectivity index (χ3v) is 3.46. The first-order chi connectivity index (χ1) is 8.15. The number of anilines is 1. The van der Waals surface area contributed by atoms with Gasteiger partial charge in [-0.15, -0.1) is 11.8 Å². The lowest BCUT2D eigenvalue weighted by molar-refractivity contribution is 1.01. The van der Waals surface area contributed by atoms with Crippen LogP contribution in [0.1, 0.15) is 11.4 Å². The van der Waals surface area contributed by atoms with E-state index < -0.39 is 0 Å². The van der Waals surface area contributed by atoms with Crippen LogP contribution in [-0.2, 0) is 5.75 Å². The summed E-state index contributed by atoms with van der Waals surface area (Å²) < 4.78 is 0. The molecule has 5 heteroatoms. The number of aromatic amines is 1. The fraction of sp³-hybridized carbons (Fsp3) is 0.167. The lowest BCUT2D eigenvalue weighted by atomic mass is 10.2. The SMILES string of the molecule is Cc1ccccc1SCc1nc(N)cc(=O)[nH]1. The molecule has 17 heavy (non-hydrogen) atoms. The number of rotatable bonds is 3. The number of thioether (sulfide) groups is 1. The molecule has 1 aromatic carbocycles. The van der Waals surface area contributed by atoms with Crippen molar-refractivity contribution >= 4 is 17.6 Å². The molecule has 0 bridgehead atoms. The molecule has 0 aliphatic heterocycles. The van der Waals surface area contributed by atoms with Crippen LogP contribution < -0.4 is 11.3 Å². The number of aromatic nitrogens is 2. The van der Waals surface area contributed by atoms with Crippen LogP contribution in [0.4, 0.5) is 5.82 Å². The maximum atomic E-state index is 11.2. The molecule has 0 aliphatic carbocycles. The maximum absolute atomic E-state index is 11.2. The Morgan fingerprint density at radius 2 is 2.18 bits per heavy atom. The van der Waals surface area contributed by atoms with Crippen LogP contribution in [0.15, 0.2) is 40.0 Å². The number of hydrogen-bond donors (Lipinski definition) is 2. The van der Waals surface area contributed by atoms with Crippen LogP contribution in [0.5, 0.6) is 0 Å². The standard InChI is InChI=1S/C12H13N3OS/c1-8-4-2-3-5-9(8)17-7-11-14-10(13)6-12(16)15-11/h2-6H,7H2,1H3,(H3,13,14,15,16). The number of benzene rings is 1. The van der Waals surface area contributed by atoms with Crippen LogP contribution >= 0.6 is 11.8 Å². The van der Waals surface area contributed by atoms with E-state index in [1.54, 1.807) is 11.8 Å². The van der Waals surface area contributed by atoms with E-state index in [0.717, 1.165) is 0 Å². The molecule has 0 spiro atoms. The molecule has 2 rings (SSSR count). The predicted molar refractivity (Wildman–Crippen MR) is 70.0 cm³/mol. The first-order valence-electron chi connectivity index (χ1n) is 5.19. The van der Waals surface area contributed by atoms with Crippen LogP contribution in [0, 0.1) is 6.92 Å². The van der Waals surface area contributed by atoms with Gasteiger partial charge in [0.1, 0.15) is 11.6 Å². The Bertz CT molecular complexity index is 580. The zero-order valence-corrected chi connectivity index (χ0v) is 10.3. The molecular formula is C12H13N3OS. The van der Waals surface area contributed by atoms with Gasteiger partial charge in [-0.05, 0) is 18.6 Å². The highest BCUT2D eigenvalue weighted by atomic mass is 32.2. The van der Waals surface area contributed by atoms with Gasteiger partial charge in [0.15, 0.2) is 0 Å². The van der Waals surface area contributed by atoms with E-state index in [0.29, 0.717) is 11.6 Å². The van der Waals surface area contributed by atoms with Gasteiger partial charge in [-0.2, -0.15) is 0 Å². The average molecular weight is 247 g/mol. The molecule has 0 radical (unpaired) electrons. The largest absolute Gasteiger partial charge is 0.383 e. The number of nitrogens with two attached hydrogens (primary N) is 1. The van der Waals surface area contributed by atoms with Crippen molar-refractivity contribution in [2.75, 3.05) is 5.73 Å². The van der Waals surface area contributed by atoms with Gasteiger partial charge in [0, 0.05) is 11.0 Å². The summed E-state index contributed by atoms with van der Waals surface area (Å²) in [5, 5.41) is 0. The van der Waals surface area contributed by atoms with Gasteiger partial charge in [0.05, 0.1) is 5.75 Å². The van der Waals surface area contributed by atoms with Crippen molar-refractivity contribution in [2.24, 2.45) is 0 Å². The van der Waals surface area contributed by atoms with Crippen molar-refractivity contribution in [3.8, 4) is 0 Å². The molecule has 0 unspecified atom stereocenters. The predicted octanol–water partition coefficient (Wildman–Crippen LogP) is 1.95. The topological polar surface area (TPSA) is 71.8 Å². The molecular weight excluding hydrogens is 234 g/mol. The fourth-order valence-electron chi connectivity index (χ4n) is 1.46. The highest BCUT2D eigenvalue weighted by molar-refractivity contribution is 7.98. The van der Waals surface area contributed by atoms with Crippen molar-refractivity contribution in [3.05, 3.63) is 52.1 Å². The summed E-state index contributed by atoms with van der Waals surface area (Å²) >= 11 is 1.63. The number of aryl methyl sites for hydroxylation is 1. The molecule has 0 fully saturated rings. The molecule has 3 N–H and O–H groups in total. The highest BCUT2D eigenvalue weighted by Crippen LogP contribution is 2.24. The normalized spacial score (nSPS) is 10.4. The third-order valence-electron chi connectivity index (χ3n) is 2.27. The lowest BCUT2D eigenvalue weighted by Crippen LogP contribution is -2.11. The minimum Gasteiger partial charge on any atom is -0.383 e. The first kappa shape index (κ1) is 11.7. The van der Waals surface area contributed by atoms with Crippen LogP contribution in [-0.4, -0.2) is 9.97 Å². The summed E-state index contributed by atoms with van der Waals surface area (Å²) in [6.07, 6.45) is 0. The zero-order valence-electron chi connectivity index (χ0n) is 9.43. The summed E-state index contributed by atoms with van der Waals surface area (Å²) in [4.78, 5) is 19.1. The minimum atomic E-state index is -0.210. The van der Waals surface area contributed by atoms with Gasteiger partial charge in [0.25, 0.3) is 5.56 Å². The van der Waals surface area contributed by atoms with Gasteiger partial charge in [-0.1, -0.05) is 18.2 Å². The molecule has 0 aliphatic rings. The van der Waals surface area contributed by atoms with Gasteiger partial charge >= 0.3 is 0 Å². The Kier molecular flexibility index (Phi) is 3.49. The van der Waals surface area contributed by atoms with E-state index in [-0.39, 0.29) is 11.4 Å². The van der Waals surface area contributed by atoms with E-state index in [9.17, 15) is 4.79 Å². The second-order valence-electron chi connectivity index (χ2n) is 3.67. The smallest absolute Gasteiger partial charge is 0.252 e. The van der Waals surface area contributed by atoms with E-state index in [2.05, 4.69) is 23.0 Å². The van der Waals surface area contributed by atoms with Gasteiger partial charge in [0.2, 0.25) is 0 Å². The zero-order chi connectivity index (χ0) is 12.3. The fourth-order valence-corrected chi connectivity index (χ4v) is 2.36. The minimum absolute atomic E-state index is 0.210. The van der Waals surface area contributed by atoms with Gasteiger partial charge in [-0.3, -0.25) is 4.79 Å². The molecule has 0 atom stereocenters. The van der Waals surface area contributed by atoms with E-state index in [4.69, 9.17) is 5.73 Å². The summed E-state index contributed by atoms with van der Waals surface area (Å²) in [5.41, 5.74) is 6.52. The number of nitrogens with zero attached hydrogens (tertiary/aromatic N) is 1. The summed E-state index contributed by atoms with van der Waals surface area (Å²) in [5.74, 6) is 1.46. The number of nitrogen functional groups attached to an aromatic ring is 1. The van der Waals surface area contributed by atoms with Gasteiger partial charge in [-0.25, -0.2) is 4.98 Å². The van der Waals surface area contributed by atoms with E-state index >= 15 is 0 Å².